The van der Waals surface area contributed by atoms with Crippen molar-refractivity contribution >= 4 is 12.0 Å². The van der Waals surface area contributed by atoms with Gasteiger partial charge in [0.25, 0.3) is 0 Å². The molecule has 2 aliphatic heterocycles. The number of amides is 1. The third-order valence-corrected chi connectivity index (χ3v) is 7.69. The lowest BCUT2D eigenvalue weighted by Crippen LogP contribution is -2.48. The van der Waals surface area contributed by atoms with E-state index < -0.39 is 11.6 Å². The summed E-state index contributed by atoms with van der Waals surface area (Å²) in [5.41, 5.74) is 6.68. The molecule has 38 heavy (non-hydrogen) atoms. The largest absolute Gasteiger partial charge is 0.490 e. The first kappa shape index (κ1) is 28.0. The number of anilines is 1. The summed E-state index contributed by atoms with van der Waals surface area (Å²) in [6.45, 7) is 9.04. The Morgan fingerprint density at radius 3 is 2.47 bits per heavy atom. The number of carbonyl (C=O) groups is 1. The van der Waals surface area contributed by atoms with Gasteiger partial charge in [-0.05, 0) is 75.1 Å². The first-order valence-electron chi connectivity index (χ1n) is 13.6. The van der Waals surface area contributed by atoms with Crippen molar-refractivity contribution in [1.29, 1.82) is 0 Å². The number of ether oxygens (including phenoxy) is 2. The van der Waals surface area contributed by atoms with Crippen molar-refractivity contribution in [1.82, 2.24) is 14.9 Å². The van der Waals surface area contributed by atoms with Crippen LogP contribution in [0.25, 0.3) is 0 Å². The average molecular weight is 532 g/mol. The van der Waals surface area contributed by atoms with E-state index in [1.165, 1.54) is 6.07 Å². The van der Waals surface area contributed by atoms with Gasteiger partial charge in [0.1, 0.15) is 11.6 Å². The zero-order chi connectivity index (χ0) is 27.2. The van der Waals surface area contributed by atoms with Crippen LogP contribution in [0, 0.1) is 23.5 Å². The van der Waals surface area contributed by atoms with E-state index in [0.717, 1.165) is 44.5 Å². The number of hydrogen-bond donors (Lipinski definition) is 1. The lowest BCUT2D eigenvalue weighted by molar-refractivity contribution is 0.0596. The molecule has 3 atom stereocenters. The smallest absolute Gasteiger partial charge is 0.410 e. The standard InChI is InChI=1S/C28H39F2N5O3/c1-18(2)38-28(36)34-10-6-20(7-11-34)19(3)9-13-37-22-15-32-27(33-16-22)35-12-8-23(26(31)17-35)24-14-21(29)4-5-25(24)30/h4-5,14-16,18-20,23,26H,6-13,17,31H2,1-3H3/t19-,23+,26-/m1/s1. The maximum Gasteiger partial charge on any atom is 0.410 e. The molecule has 2 aromatic rings. The number of benzene rings is 1. The summed E-state index contributed by atoms with van der Waals surface area (Å²) in [5, 5.41) is 0. The molecule has 4 rings (SSSR count). The Morgan fingerprint density at radius 2 is 1.82 bits per heavy atom. The molecule has 0 aliphatic carbocycles. The van der Waals surface area contributed by atoms with Gasteiger partial charge in [0.2, 0.25) is 5.95 Å². The summed E-state index contributed by atoms with van der Waals surface area (Å²) < 4.78 is 39.1. The normalized spacial score (nSPS) is 21.4. The molecule has 1 amide bonds. The van der Waals surface area contributed by atoms with Gasteiger partial charge < -0.3 is 25.0 Å². The van der Waals surface area contributed by atoms with E-state index in [9.17, 15) is 13.6 Å². The van der Waals surface area contributed by atoms with Crippen LogP contribution in [0.1, 0.15) is 57.9 Å². The Bertz CT molecular complexity index is 1060. The first-order chi connectivity index (χ1) is 18.2. The molecule has 2 saturated heterocycles. The number of hydrogen-bond acceptors (Lipinski definition) is 7. The van der Waals surface area contributed by atoms with Gasteiger partial charge in [-0.25, -0.2) is 23.5 Å². The van der Waals surface area contributed by atoms with Crippen molar-refractivity contribution in [2.24, 2.45) is 17.6 Å². The Hall–Kier alpha value is -3.01. The van der Waals surface area contributed by atoms with Crippen molar-refractivity contribution < 1.29 is 23.0 Å². The summed E-state index contributed by atoms with van der Waals surface area (Å²) in [6, 6.07) is 3.15. The minimum absolute atomic E-state index is 0.100. The fourth-order valence-electron chi connectivity index (χ4n) is 5.42. The SMILES string of the molecule is CC(C)OC(=O)N1CCC([C@H](C)CCOc2cnc(N3CC[C@@H](c4cc(F)ccc4F)[C@H](N)C3)nc2)CC1. The summed E-state index contributed by atoms with van der Waals surface area (Å²) in [6.07, 6.45) is 6.43. The van der Waals surface area contributed by atoms with E-state index in [1.54, 1.807) is 17.3 Å². The number of aromatic nitrogens is 2. The third-order valence-electron chi connectivity index (χ3n) is 7.69. The number of nitrogens with zero attached hydrogens (tertiary/aromatic N) is 4. The molecule has 3 heterocycles. The topological polar surface area (TPSA) is 93.8 Å². The molecule has 0 unspecified atom stereocenters. The summed E-state index contributed by atoms with van der Waals surface area (Å²) >= 11 is 0. The zero-order valence-corrected chi connectivity index (χ0v) is 22.5. The highest BCUT2D eigenvalue weighted by Gasteiger charge is 2.31. The van der Waals surface area contributed by atoms with Crippen LogP contribution in [0.3, 0.4) is 0 Å². The quantitative estimate of drug-likeness (QED) is 0.526. The molecule has 1 aromatic carbocycles. The Balaban J connectivity index is 1.20. The van der Waals surface area contributed by atoms with Gasteiger partial charge in [0.05, 0.1) is 25.1 Å². The molecule has 2 fully saturated rings. The molecule has 0 spiro atoms. The number of halogens is 2. The maximum absolute atomic E-state index is 14.2. The fraction of sp³-hybridized carbons (Fsp3) is 0.607. The summed E-state index contributed by atoms with van der Waals surface area (Å²) in [5.74, 6) is 1.03. The van der Waals surface area contributed by atoms with Gasteiger partial charge in [-0.1, -0.05) is 6.92 Å². The number of rotatable bonds is 8. The average Bonchev–Trinajstić information content (AvgIpc) is 2.90. The van der Waals surface area contributed by atoms with E-state index >= 15 is 0 Å². The van der Waals surface area contributed by atoms with Crippen LogP contribution >= 0.6 is 0 Å². The van der Waals surface area contributed by atoms with Gasteiger partial charge in [-0.2, -0.15) is 0 Å². The van der Waals surface area contributed by atoms with E-state index in [4.69, 9.17) is 15.2 Å². The van der Waals surface area contributed by atoms with E-state index in [0.29, 0.717) is 55.2 Å². The van der Waals surface area contributed by atoms with Crippen molar-refractivity contribution in [3.05, 3.63) is 47.8 Å². The van der Waals surface area contributed by atoms with Crippen molar-refractivity contribution in [3.8, 4) is 5.75 Å². The Kier molecular flexibility index (Phi) is 9.35. The monoisotopic (exact) mass is 531 g/mol. The second-order valence-electron chi connectivity index (χ2n) is 10.8. The molecule has 0 bridgehead atoms. The van der Waals surface area contributed by atoms with Gasteiger partial charge in [0, 0.05) is 38.1 Å². The van der Waals surface area contributed by atoms with Crippen LogP contribution < -0.4 is 15.4 Å². The van der Waals surface area contributed by atoms with Crippen molar-refractivity contribution in [3.63, 3.8) is 0 Å². The molecule has 0 saturated carbocycles. The van der Waals surface area contributed by atoms with E-state index in [-0.39, 0.29) is 24.2 Å². The highest BCUT2D eigenvalue weighted by atomic mass is 19.1. The van der Waals surface area contributed by atoms with E-state index in [1.807, 2.05) is 18.7 Å². The Labute approximate surface area is 223 Å². The highest BCUT2D eigenvalue weighted by molar-refractivity contribution is 5.67. The zero-order valence-electron chi connectivity index (χ0n) is 22.5. The van der Waals surface area contributed by atoms with Crippen LogP contribution in [0.4, 0.5) is 19.5 Å². The van der Waals surface area contributed by atoms with Crippen molar-refractivity contribution in [2.75, 3.05) is 37.7 Å². The second kappa shape index (κ2) is 12.7. The predicted octanol–water partition coefficient (Wildman–Crippen LogP) is 4.74. The highest BCUT2D eigenvalue weighted by Crippen LogP contribution is 2.31. The molecule has 8 nitrogen and oxygen atoms in total. The number of likely N-dealkylation sites (tertiary alicyclic amines) is 1. The van der Waals surface area contributed by atoms with E-state index in [2.05, 4.69) is 16.9 Å². The van der Waals surface area contributed by atoms with Crippen LogP contribution in [-0.4, -0.2) is 65.9 Å². The fourth-order valence-corrected chi connectivity index (χ4v) is 5.42. The van der Waals surface area contributed by atoms with Gasteiger partial charge in [0.15, 0.2) is 5.75 Å². The maximum atomic E-state index is 14.2. The lowest BCUT2D eigenvalue weighted by Gasteiger charge is -2.37. The number of carbonyl (C=O) groups excluding carboxylic acids is 1. The van der Waals surface area contributed by atoms with Gasteiger partial charge >= 0.3 is 6.09 Å². The third kappa shape index (κ3) is 7.09. The van der Waals surface area contributed by atoms with Crippen LogP contribution in [0.15, 0.2) is 30.6 Å². The molecular weight excluding hydrogens is 492 g/mol. The van der Waals surface area contributed by atoms with Gasteiger partial charge in [-0.15, -0.1) is 0 Å². The molecule has 0 radical (unpaired) electrons. The molecule has 2 aliphatic rings. The van der Waals surface area contributed by atoms with Crippen LogP contribution in [0.2, 0.25) is 0 Å². The lowest BCUT2D eigenvalue weighted by atomic mass is 9.84. The predicted molar refractivity (Wildman–Crippen MR) is 141 cm³/mol. The Morgan fingerprint density at radius 1 is 1.11 bits per heavy atom. The van der Waals surface area contributed by atoms with Crippen molar-refractivity contribution in [2.45, 2.75) is 64.5 Å². The van der Waals surface area contributed by atoms with Crippen LogP contribution in [-0.2, 0) is 4.74 Å². The first-order valence-corrected chi connectivity index (χ1v) is 13.6. The summed E-state index contributed by atoms with van der Waals surface area (Å²) in [4.78, 5) is 24.8. The number of piperidine rings is 2. The molecule has 208 valence electrons. The van der Waals surface area contributed by atoms with Gasteiger partial charge in [-0.3, -0.25) is 0 Å². The number of nitrogens with two attached hydrogens (primary N) is 1. The molecular formula is C28H39F2N5O3. The second-order valence-corrected chi connectivity index (χ2v) is 10.8. The minimum Gasteiger partial charge on any atom is -0.490 e. The van der Waals surface area contributed by atoms with Crippen LogP contribution in [0.5, 0.6) is 5.75 Å². The molecule has 10 heteroatoms. The minimum atomic E-state index is -0.460. The molecule has 2 N–H and O–H groups in total. The summed E-state index contributed by atoms with van der Waals surface area (Å²) in [7, 11) is 0. The molecule has 1 aromatic heterocycles.